The van der Waals surface area contributed by atoms with Crippen molar-refractivity contribution in [2.75, 3.05) is 26.3 Å². The Morgan fingerprint density at radius 3 is 2.43 bits per heavy atom. The van der Waals surface area contributed by atoms with E-state index in [1.807, 2.05) is 66.9 Å². The zero-order valence-corrected chi connectivity index (χ0v) is 22.4. The zero-order chi connectivity index (χ0) is 26.4. The Hall–Kier alpha value is -2.84. The molecule has 0 bridgehead atoms. The van der Waals surface area contributed by atoms with Crippen LogP contribution in [0.3, 0.4) is 0 Å². The quantitative estimate of drug-likeness (QED) is 0.579. The summed E-state index contributed by atoms with van der Waals surface area (Å²) in [4.78, 5) is 29.5. The number of rotatable bonds is 8. The van der Waals surface area contributed by atoms with Crippen LogP contribution in [0.5, 0.6) is 0 Å². The summed E-state index contributed by atoms with van der Waals surface area (Å²) in [5.41, 5.74) is 2.14. The monoisotopic (exact) mass is 511 g/mol. The van der Waals surface area contributed by atoms with Crippen molar-refractivity contribution in [3.05, 3.63) is 63.8 Å². The minimum absolute atomic E-state index is 0.0351. The molecule has 0 aliphatic carbocycles. The summed E-state index contributed by atoms with van der Waals surface area (Å²) in [6, 6.07) is 9.56. The number of ether oxygens (including phenoxy) is 2. The Labute approximate surface area is 219 Å². The standard InChI is InChI=1S/C29H41N3O5/c1-4-36-29-23(16-13-19-33)24(20-25(37-29)27(34)31-17-11-6-5-7-12-18-31)26-21(2)30(3)32(28(26)35)22-14-9-8-10-15-22/h8-10,14-15,20,23-24,29,33H,4-7,11-13,16-19H2,1-3H3. The number of aliphatic hydroxyl groups is 1. The summed E-state index contributed by atoms with van der Waals surface area (Å²) in [6.07, 6.45) is 7.75. The minimum Gasteiger partial charge on any atom is -0.459 e. The van der Waals surface area contributed by atoms with Crippen LogP contribution in [0.15, 0.2) is 47.0 Å². The number of carbonyl (C=O) groups is 1. The summed E-state index contributed by atoms with van der Waals surface area (Å²) in [7, 11) is 1.88. The summed E-state index contributed by atoms with van der Waals surface area (Å²) in [5.74, 6) is -0.462. The molecule has 8 heteroatoms. The van der Waals surface area contributed by atoms with Gasteiger partial charge in [-0.1, -0.05) is 37.5 Å². The van der Waals surface area contributed by atoms with Crippen molar-refractivity contribution in [2.45, 2.75) is 71.0 Å². The number of para-hydroxylation sites is 1. The van der Waals surface area contributed by atoms with Crippen LogP contribution in [0.1, 0.15) is 69.0 Å². The molecule has 2 aromatic rings. The van der Waals surface area contributed by atoms with Gasteiger partial charge in [-0.2, -0.15) is 0 Å². The third-order valence-electron chi connectivity index (χ3n) is 7.70. The van der Waals surface area contributed by atoms with Gasteiger partial charge in [0.05, 0.1) is 5.69 Å². The molecule has 1 aromatic carbocycles. The molecule has 2 aliphatic heterocycles. The highest BCUT2D eigenvalue weighted by Crippen LogP contribution is 2.40. The molecule has 1 saturated heterocycles. The molecule has 3 heterocycles. The van der Waals surface area contributed by atoms with Gasteiger partial charge >= 0.3 is 0 Å². The van der Waals surface area contributed by atoms with Crippen LogP contribution in [0.2, 0.25) is 0 Å². The summed E-state index contributed by atoms with van der Waals surface area (Å²) >= 11 is 0. The maximum atomic E-state index is 13.9. The Kier molecular flexibility index (Phi) is 9.27. The summed E-state index contributed by atoms with van der Waals surface area (Å²) in [6.45, 7) is 5.71. The first-order valence-corrected chi connectivity index (χ1v) is 13.7. The lowest BCUT2D eigenvalue weighted by atomic mass is 9.80. The van der Waals surface area contributed by atoms with E-state index in [9.17, 15) is 14.7 Å². The second-order valence-electron chi connectivity index (χ2n) is 10.1. The van der Waals surface area contributed by atoms with Crippen molar-refractivity contribution in [3.63, 3.8) is 0 Å². The first kappa shape index (κ1) is 27.2. The van der Waals surface area contributed by atoms with Crippen molar-refractivity contribution < 1.29 is 19.4 Å². The molecule has 8 nitrogen and oxygen atoms in total. The number of aromatic nitrogens is 2. The fraction of sp³-hybridized carbons (Fsp3) is 0.586. The Bertz CT molecular complexity index is 1130. The fourth-order valence-electron chi connectivity index (χ4n) is 5.67. The van der Waals surface area contributed by atoms with E-state index in [4.69, 9.17) is 9.47 Å². The number of amides is 1. The molecule has 0 saturated carbocycles. The number of aliphatic hydroxyl groups excluding tert-OH is 1. The highest BCUT2D eigenvalue weighted by molar-refractivity contribution is 5.91. The number of likely N-dealkylation sites (tertiary alicyclic amines) is 1. The van der Waals surface area contributed by atoms with Crippen molar-refractivity contribution in [3.8, 4) is 5.69 Å². The van der Waals surface area contributed by atoms with Gasteiger partial charge in [-0.15, -0.1) is 0 Å². The molecule has 3 atom stereocenters. The molecule has 202 valence electrons. The van der Waals surface area contributed by atoms with E-state index in [1.54, 1.807) is 4.68 Å². The molecule has 3 unspecified atom stereocenters. The number of carbonyl (C=O) groups excluding carboxylic acids is 1. The van der Waals surface area contributed by atoms with Gasteiger partial charge in [0.15, 0.2) is 5.76 Å². The number of benzene rings is 1. The lowest BCUT2D eigenvalue weighted by molar-refractivity contribution is -0.170. The molecule has 2 aliphatic rings. The molecule has 1 amide bonds. The molecule has 1 fully saturated rings. The van der Waals surface area contributed by atoms with E-state index in [2.05, 4.69) is 0 Å². The van der Waals surface area contributed by atoms with Crippen LogP contribution in [0.4, 0.5) is 0 Å². The molecule has 1 aromatic heterocycles. The normalized spacial score (nSPS) is 22.6. The SMILES string of the molecule is CCOC1OC(C(=O)N2CCCCCCC2)=CC(c2c(C)n(C)n(-c3ccccc3)c2=O)C1CCCO. The second-order valence-corrected chi connectivity index (χ2v) is 10.1. The summed E-state index contributed by atoms with van der Waals surface area (Å²) < 4.78 is 15.8. The van der Waals surface area contributed by atoms with Crippen molar-refractivity contribution in [2.24, 2.45) is 13.0 Å². The third-order valence-corrected chi connectivity index (χ3v) is 7.70. The zero-order valence-electron chi connectivity index (χ0n) is 22.4. The largest absolute Gasteiger partial charge is 0.459 e. The highest BCUT2D eigenvalue weighted by Gasteiger charge is 2.41. The molecule has 1 N–H and O–H groups in total. The average molecular weight is 512 g/mol. The van der Waals surface area contributed by atoms with E-state index >= 15 is 0 Å². The van der Waals surface area contributed by atoms with Crippen LogP contribution in [0.25, 0.3) is 5.69 Å². The van der Waals surface area contributed by atoms with Crippen LogP contribution in [-0.2, 0) is 21.3 Å². The predicted octanol–water partition coefficient (Wildman–Crippen LogP) is 4.03. The lowest BCUT2D eigenvalue weighted by Crippen LogP contribution is -2.42. The topological polar surface area (TPSA) is 85.9 Å². The van der Waals surface area contributed by atoms with Gasteiger partial charge in [0.2, 0.25) is 6.29 Å². The minimum atomic E-state index is -0.676. The Morgan fingerprint density at radius 1 is 1.11 bits per heavy atom. The maximum Gasteiger partial charge on any atom is 0.288 e. The first-order chi connectivity index (χ1) is 18.0. The lowest BCUT2D eigenvalue weighted by Gasteiger charge is -2.37. The van der Waals surface area contributed by atoms with E-state index in [0.29, 0.717) is 38.1 Å². The van der Waals surface area contributed by atoms with E-state index in [0.717, 1.165) is 37.1 Å². The third kappa shape index (κ3) is 5.85. The van der Waals surface area contributed by atoms with E-state index in [1.165, 1.54) is 6.42 Å². The first-order valence-electron chi connectivity index (χ1n) is 13.7. The van der Waals surface area contributed by atoms with Crippen molar-refractivity contribution >= 4 is 5.91 Å². The van der Waals surface area contributed by atoms with Crippen LogP contribution >= 0.6 is 0 Å². The number of hydrogen-bond acceptors (Lipinski definition) is 5. The molecule has 0 spiro atoms. The smallest absolute Gasteiger partial charge is 0.288 e. The van der Waals surface area contributed by atoms with Gasteiger partial charge in [0, 0.05) is 56.4 Å². The Balaban J connectivity index is 1.80. The molecular formula is C29H41N3O5. The van der Waals surface area contributed by atoms with Gasteiger partial charge in [0.1, 0.15) is 0 Å². The van der Waals surface area contributed by atoms with Gasteiger partial charge in [-0.05, 0) is 57.7 Å². The van der Waals surface area contributed by atoms with E-state index in [-0.39, 0.29) is 35.7 Å². The van der Waals surface area contributed by atoms with Crippen LogP contribution < -0.4 is 5.56 Å². The molecular weight excluding hydrogens is 470 g/mol. The van der Waals surface area contributed by atoms with Gasteiger partial charge in [-0.3, -0.25) is 14.3 Å². The molecule has 0 radical (unpaired) electrons. The van der Waals surface area contributed by atoms with Crippen LogP contribution in [-0.4, -0.2) is 57.9 Å². The van der Waals surface area contributed by atoms with Gasteiger partial charge < -0.3 is 19.5 Å². The Morgan fingerprint density at radius 2 is 1.78 bits per heavy atom. The second kappa shape index (κ2) is 12.6. The number of nitrogens with zero attached hydrogens (tertiary/aromatic N) is 3. The molecule has 4 rings (SSSR count). The fourth-order valence-corrected chi connectivity index (χ4v) is 5.67. The maximum absolute atomic E-state index is 13.9. The number of allylic oxidation sites excluding steroid dienone is 1. The summed E-state index contributed by atoms with van der Waals surface area (Å²) in [5, 5.41) is 9.61. The van der Waals surface area contributed by atoms with E-state index < -0.39 is 6.29 Å². The van der Waals surface area contributed by atoms with Gasteiger partial charge in [0.25, 0.3) is 11.5 Å². The van der Waals surface area contributed by atoms with Crippen molar-refractivity contribution in [1.29, 1.82) is 0 Å². The average Bonchev–Trinajstić information content (AvgIpc) is 3.10. The highest BCUT2D eigenvalue weighted by atomic mass is 16.7. The van der Waals surface area contributed by atoms with Gasteiger partial charge in [-0.25, -0.2) is 4.68 Å². The van der Waals surface area contributed by atoms with Crippen molar-refractivity contribution in [1.82, 2.24) is 14.3 Å². The number of hydrogen-bond donors (Lipinski definition) is 1. The van der Waals surface area contributed by atoms with Crippen LogP contribution in [0, 0.1) is 12.8 Å². The predicted molar refractivity (Wildman–Crippen MR) is 143 cm³/mol. The molecule has 37 heavy (non-hydrogen) atoms.